The van der Waals surface area contributed by atoms with E-state index in [1.54, 1.807) is 0 Å². The molecule has 13 heteroatoms. The molecular formula is C4H6F2LiN2O7P. The van der Waals surface area contributed by atoms with Crippen LogP contribution in [0.1, 0.15) is 1.43 Å². The molecule has 0 aromatic carbocycles. The SMILES string of the molecule is N=C=O.N=C=O.O=C(O)C(=O)O.OP(F)F.[H-].[Li+]. The number of halogens is 2. The number of aliphatic carboxylic acids is 2. The number of rotatable bonds is 0. The maximum Gasteiger partial charge on any atom is 1.00 e. The van der Waals surface area contributed by atoms with Gasteiger partial charge in [0.25, 0.3) is 0 Å². The molecule has 0 aliphatic rings. The van der Waals surface area contributed by atoms with Crippen LogP contribution in [0.5, 0.6) is 0 Å². The van der Waals surface area contributed by atoms with Gasteiger partial charge in [0.15, 0.2) is 0 Å². The first-order valence-electron chi connectivity index (χ1n) is 2.55. The van der Waals surface area contributed by atoms with E-state index in [0.717, 1.165) is 12.2 Å². The van der Waals surface area contributed by atoms with Crippen molar-refractivity contribution in [1.29, 1.82) is 10.8 Å². The van der Waals surface area contributed by atoms with Gasteiger partial charge in [-0.1, -0.05) is 0 Å². The molecule has 0 heterocycles. The third kappa shape index (κ3) is 353. The number of carboxylic acids is 2. The Morgan fingerprint density at radius 2 is 1.12 bits per heavy atom. The van der Waals surface area contributed by atoms with Crippen molar-refractivity contribution < 1.29 is 63.0 Å². The quantitative estimate of drug-likeness (QED) is 0.104. The van der Waals surface area contributed by atoms with E-state index in [-0.39, 0.29) is 20.3 Å². The molecule has 5 N–H and O–H groups in total. The Hall–Kier alpha value is -1.45. The summed E-state index contributed by atoms with van der Waals surface area (Å²) in [4.78, 5) is 41.7. The third-order valence-corrected chi connectivity index (χ3v) is 0.183. The first kappa shape index (κ1) is 29.6. The summed E-state index contributed by atoms with van der Waals surface area (Å²) in [6.45, 7) is 0. The minimum absolute atomic E-state index is 0. The van der Waals surface area contributed by atoms with E-state index < -0.39 is 20.7 Å². The fourth-order valence-electron chi connectivity index (χ4n) is 0. The molecule has 0 rings (SSSR count). The molecule has 0 aliphatic heterocycles. The van der Waals surface area contributed by atoms with Gasteiger partial charge >= 0.3 is 39.6 Å². The van der Waals surface area contributed by atoms with Crippen LogP contribution in [0.3, 0.4) is 0 Å². The van der Waals surface area contributed by atoms with Gasteiger partial charge in [0.2, 0.25) is 12.2 Å². The van der Waals surface area contributed by atoms with Crippen LogP contribution in [-0.4, -0.2) is 39.2 Å². The molecule has 9 nitrogen and oxygen atoms in total. The zero-order chi connectivity index (χ0) is 14.1. The Balaban J connectivity index is -0.0000000269. The second-order valence-corrected chi connectivity index (χ2v) is 1.46. The van der Waals surface area contributed by atoms with Crippen molar-refractivity contribution in [2.45, 2.75) is 0 Å². The normalized spacial score (nSPS) is 5.65. The number of carbonyl (C=O) groups excluding carboxylic acids is 2. The zero-order valence-electron chi connectivity index (χ0n) is 9.18. The smallest absolute Gasteiger partial charge is 1.00 e. The van der Waals surface area contributed by atoms with Crippen LogP contribution in [0, 0.1) is 10.8 Å². The monoisotopic (exact) mass is 270 g/mol. The van der Waals surface area contributed by atoms with E-state index in [0.29, 0.717) is 0 Å². The molecule has 0 atom stereocenters. The topological polar surface area (TPSA) is 177 Å². The minimum atomic E-state index is -3.62. The van der Waals surface area contributed by atoms with E-state index in [9.17, 15) is 8.39 Å². The Bertz CT molecular complexity index is 243. The van der Waals surface area contributed by atoms with Crippen molar-refractivity contribution in [2.24, 2.45) is 0 Å². The van der Waals surface area contributed by atoms with E-state index in [1.807, 2.05) is 0 Å². The molecule has 0 spiro atoms. The number of isocyanates is 2. The molecule has 0 aromatic rings. The zero-order valence-corrected chi connectivity index (χ0v) is 9.07. The number of carbonyl (C=O) groups is 2. The van der Waals surface area contributed by atoms with Crippen LogP contribution < -0.4 is 18.9 Å². The van der Waals surface area contributed by atoms with Gasteiger partial charge in [-0.15, -0.1) is 0 Å². The van der Waals surface area contributed by atoms with Crippen molar-refractivity contribution in [3.8, 4) is 0 Å². The van der Waals surface area contributed by atoms with Crippen molar-refractivity contribution in [2.75, 3.05) is 0 Å². The van der Waals surface area contributed by atoms with Gasteiger partial charge in [-0.25, -0.2) is 30.0 Å². The Morgan fingerprint density at radius 1 is 1.06 bits per heavy atom. The summed E-state index contributed by atoms with van der Waals surface area (Å²) < 4.78 is 19.9. The predicted molar refractivity (Wildman–Crippen MR) is 44.6 cm³/mol. The van der Waals surface area contributed by atoms with Crippen LogP contribution in [-0.2, 0) is 19.2 Å². The molecule has 0 amide bonds. The van der Waals surface area contributed by atoms with E-state index in [2.05, 4.69) is 0 Å². The van der Waals surface area contributed by atoms with Crippen molar-refractivity contribution in [1.82, 2.24) is 0 Å². The molecule has 17 heavy (non-hydrogen) atoms. The maximum absolute atomic E-state index is 9.95. The summed E-state index contributed by atoms with van der Waals surface area (Å²) in [6, 6.07) is 0. The number of hydrogen-bond acceptors (Lipinski definition) is 7. The Kier molecular flexibility index (Phi) is 51.0. The molecule has 0 saturated carbocycles. The summed E-state index contributed by atoms with van der Waals surface area (Å²) in [5.74, 6) is -3.65. The standard InChI is InChI=1S/C2H2O4.2CHNO.F2HOP.Li.H/c3-1(4)2(5)6;2*2-1-3;1-4(2)3;;/h(H,3,4)(H,5,6);2*2H;3H;;/q;;;;+1;-1. The largest absolute Gasteiger partial charge is 1.00 e. The van der Waals surface area contributed by atoms with Crippen LogP contribution >= 0.6 is 8.77 Å². The number of hydrogen-bond donors (Lipinski definition) is 5. The molecule has 0 aromatic heterocycles. The second-order valence-electron chi connectivity index (χ2n) is 1.03. The van der Waals surface area contributed by atoms with Crippen LogP contribution in [0.4, 0.5) is 8.39 Å². The van der Waals surface area contributed by atoms with Gasteiger partial charge in [-0.05, 0) is 0 Å². The summed E-state index contributed by atoms with van der Waals surface area (Å²) in [7, 11) is -3.62. The van der Waals surface area contributed by atoms with Crippen molar-refractivity contribution in [3.05, 3.63) is 0 Å². The Morgan fingerprint density at radius 3 is 1.12 bits per heavy atom. The van der Waals surface area contributed by atoms with Crippen LogP contribution in [0.2, 0.25) is 0 Å². The molecule has 0 fully saturated rings. The molecule has 0 saturated heterocycles. The van der Waals surface area contributed by atoms with Crippen LogP contribution in [0.25, 0.3) is 0 Å². The average Bonchev–Trinajstić information content (AvgIpc) is 2.05. The van der Waals surface area contributed by atoms with Gasteiger partial charge in [-0.2, -0.15) is 8.39 Å². The molecule has 0 unspecified atom stereocenters. The fourth-order valence-corrected chi connectivity index (χ4v) is 0. The van der Waals surface area contributed by atoms with E-state index >= 15 is 0 Å². The van der Waals surface area contributed by atoms with Gasteiger partial charge in [-0.3, -0.25) is 0 Å². The van der Waals surface area contributed by atoms with Gasteiger partial charge in [0.05, 0.1) is 0 Å². The Labute approximate surface area is 107 Å². The predicted octanol–water partition coefficient (Wildman–Crippen LogP) is -2.78. The first-order chi connectivity index (χ1) is 7.20. The minimum Gasteiger partial charge on any atom is -1.00 e. The van der Waals surface area contributed by atoms with E-state index in [1.165, 1.54) is 0 Å². The van der Waals surface area contributed by atoms with Crippen molar-refractivity contribution >= 4 is 32.9 Å². The van der Waals surface area contributed by atoms with Crippen LogP contribution in [0.15, 0.2) is 0 Å². The fraction of sp³-hybridized carbons (Fsp3) is 0. The van der Waals surface area contributed by atoms with Gasteiger partial charge in [0, 0.05) is 0 Å². The molecule has 0 aliphatic carbocycles. The maximum atomic E-state index is 9.95. The molecule has 0 radical (unpaired) electrons. The average molecular weight is 270 g/mol. The molecule has 94 valence electrons. The summed E-state index contributed by atoms with van der Waals surface area (Å²) in [6.07, 6.45) is 1.50. The summed E-state index contributed by atoms with van der Waals surface area (Å²) in [5.41, 5.74) is 0. The second kappa shape index (κ2) is 29.3. The number of carboxylic acid groups (broad SMARTS) is 2. The molecular weight excluding hydrogens is 264 g/mol. The summed E-state index contributed by atoms with van der Waals surface area (Å²) in [5, 5.41) is 25.6. The number of nitrogens with one attached hydrogen (secondary N) is 2. The summed E-state index contributed by atoms with van der Waals surface area (Å²) >= 11 is 0. The van der Waals surface area contributed by atoms with Gasteiger partial charge < -0.3 is 16.5 Å². The van der Waals surface area contributed by atoms with Crippen molar-refractivity contribution in [3.63, 3.8) is 0 Å². The molecule has 0 bridgehead atoms. The third-order valence-electron chi connectivity index (χ3n) is 0.183. The first-order valence-corrected chi connectivity index (χ1v) is 3.63. The van der Waals surface area contributed by atoms with Gasteiger partial charge in [0.1, 0.15) is 0 Å². The van der Waals surface area contributed by atoms with E-state index in [4.69, 9.17) is 45.1 Å².